The first kappa shape index (κ1) is 26.1. The summed E-state index contributed by atoms with van der Waals surface area (Å²) >= 11 is 0. The standard InChI is InChI=1S/C27H27N3O6S/c1-27(2,3)17-7-12-21(36-4)20(14-17)24(31)22-23(16-6-5-13-29-15-16)30(26(33)25(22)32)18-8-10-19(11-9-18)37(28,34)35/h5-15,23,31H,1-4H3,(H2,28,34,35)/b24-22+. The average Bonchev–Trinajstić information content (AvgIpc) is 3.13. The number of pyridine rings is 1. The summed E-state index contributed by atoms with van der Waals surface area (Å²) in [6, 6.07) is 12.9. The van der Waals surface area contributed by atoms with Gasteiger partial charge in [0.1, 0.15) is 11.5 Å². The predicted octanol–water partition coefficient (Wildman–Crippen LogP) is 3.66. The third-order valence-electron chi connectivity index (χ3n) is 6.21. The van der Waals surface area contributed by atoms with Crippen LogP contribution >= 0.6 is 0 Å². The van der Waals surface area contributed by atoms with Crippen LogP contribution in [0.3, 0.4) is 0 Å². The third-order valence-corrected chi connectivity index (χ3v) is 7.14. The number of nitrogens with zero attached hydrogens (tertiary/aromatic N) is 2. The topological polar surface area (TPSA) is 140 Å². The van der Waals surface area contributed by atoms with Crippen molar-refractivity contribution in [2.24, 2.45) is 5.14 Å². The number of aliphatic hydroxyl groups excluding tert-OH is 1. The highest BCUT2D eigenvalue weighted by Gasteiger charge is 2.47. The van der Waals surface area contributed by atoms with Gasteiger partial charge in [0, 0.05) is 18.1 Å². The molecule has 1 aromatic heterocycles. The lowest BCUT2D eigenvalue weighted by atomic mass is 9.85. The van der Waals surface area contributed by atoms with E-state index in [1.807, 2.05) is 26.8 Å². The van der Waals surface area contributed by atoms with E-state index >= 15 is 0 Å². The highest BCUT2D eigenvalue weighted by molar-refractivity contribution is 7.89. The van der Waals surface area contributed by atoms with Crippen LogP contribution in [0.25, 0.3) is 5.76 Å². The van der Waals surface area contributed by atoms with Crippen LogP contribution in [0, 0.1) is 0 Å². The van der Waals surface area contributed by atoms with Crippen molar-refractivity contribution in [1.82, 2.24) is 4.98 Å². The first-order chi connectivity index (χ1) is 17.3. The fourth-order valence-corrected chi connectivity index (χ4v) is 4.77. The van der Waals surface area contributed by atoms with Gasteiger partial charge in [-0.25, -0.2) is 13.6 Å². The molecule has 0 saturated carbocycles. The number of hydrogen-bond donors (Lipinski definition) is 2. The number of ketones is 1. The van der Waals surface area contributed by atoms with Crippen molar-refractivity contribution in [2.45, 2.75) is 37.1 Å². The minimum Gasteiger partial charge on any atom is -0.507 e. The maximum Gasteiger partial charge on any atom is 0.300 e. The van der Waals surface area contributed by atoms with Crippen molar-refractivity contribution in [3.05, 3.63) is 89.3 Å². The summed E-state index contributed by atoms with van der Waals surface area (Å²) in [7, 11) is -2.51. The van der Waals surface area contributed by atoms with Crippen LogP contribution in [-0.2, 0) is 25.0 Å². The summed E-state index contributed by atoms with van der Waals surface area (Å²) in [6.45, 7) is 6.04. The van der Waals surface area contributed by atoms with Gasteiger partial charge in [-0.05, 0) is 59.0 Å². The lowest BCUT2D eigenvalue weighted by Gasteiger charge is -2.26. The molecule has 1 saturated heterocycles. The summed E-state index contributed by atoms with van der Waals surface area (Å²) in [5.41, 5.74) is 1.48. The molecule has 2 heterocycles. The maximum atomic E-state index is 13.4. The molecular formula is C27H27N3O6S. The second-order valence-corrected chi connectivity index (χ2v) is 11.2. The molecule has 10 heteroatoms. The van der Waals surface area contributed by atoms with Crippen LogP contribution in [0.4, 0.5) is 5.69 Å². The molecule has 0 bridgehead atoms. The molecule has 3 aromatic rings. The fraction of sp³-hybridized carbons (Fsp3) is 0.222. The smallest absolute Gasteiger partial charge is 0.300 e. The Morgan fingerprint density at radius 2 is 1.76 bits per heavy atom. The number of hydrogen-bond acceptors (Lipinski definition) is 7. The largest absolute Gasteiger partial charge is 0.507 e. The minimum atomic E-state index is -3.96. The fourth-order valence-electron chi connectivity index (χ4n) is 4.25. The van der Waals surface area contributed by atoms with Gasteiger partial charge in [0.15, 0.2) is 0 Å². The second kappa shape index (κ2) is 9.45. The highest BCUT2D eigenvalue weighted by atomic mass is 32.2. The number of Topliss-reactive ketones (excluding diaryl/α,β-unsaturated/α-hetero) is 1. The summed E-state index contributed by atoms with van der Waals surface area (Å²) in [4.78, 5) is 31.9. The lowest BCUT2D eigenvalue weighted by Crippen LogP contribution is -2.29. The van der Waals surface area contributed by atoms with Gasteiger partial charge >= 0.3 is 0 Å². The lowest BCUT2D eigenvalue weighted by molar-refractivity contribution is -0.132. The van der Waals surface area contributed by atoms with E-state index in [0.29, 0.717) is 11.3 Å². The number of ether oxygens (including phenoxy) is 1. The van der Waals surface area contributed by atoms with Gasteiger partial charge in [0.2, 0.25) is 10.0 Å². The first-order valence-electron chi connectivity index (χ1n) is 11.4. The quantitative estimate of drug-likeness (QED) is 0.297. The Morgan fingerprint density at radius 3 is 2.30 bits per heavy atom. The summed E-state index contributed by atoms with van der Waals surface area (Å²) in [5, 5.41) is 16.7. The number of carbonyl (C=O) groups excluding carboxylic acids is 2. The Hall–Kier alpha value is -4.02. The molecule has 2 aromatic carbocycles. The molecule has 1 atom stereocenters. The van der Waals surface area contributed by atoms with Gasteiger partial charge in [0.25, 0.3) is 11.7 Å². The zero-order valence-electron chi connectivity index (χ0n) is 20.8. The number of carbonyl (C=O) groups is 2. The number of primary sulfonamides is 1. The molecule has 9 nitrogen and oxygen atoms in total. The Labute approximate surface area is 215 Å². The van der Waals surface area contributed by atoms with E-state index in [2.05, 4.69) is 4.98 Å². The number of aromatic nitrogens is 1. The number of amides is 1. The molecule has 0 radical (unpaired) electrons. The van der Waals surface area contributed by atoms with Crippen LogP contribution in [0.1, 0.15) is 43.5 Å². The van der Waals surface area contributed by atoms with Gasteiger partial charge in [-0.15, -0.1) is 0 Å². The molecule has 0 aliphatic carbocycles. The summed E-state index contributed by atoms with van der Waals surface area (Å²) in [6.07, 6.45) is 3.05. The molecule has 1 amide bonds. The summed E-state index contributed by atoms with van der Waals surface area (Å²) in [5.74, 6) is -1.84. The van der Waals surface area contributed by atoms with Crippen LogP contribution in [0.5, 0.6) is 5.75 Å². The van der Waals surface area contributed by atoms with Crippen molar-refractivity contribution in [3.63, 3.8) is 0 Å². The number of sulfonamides is 1. The molecule has 192 valence electrons. The van der Waals surface area contributed by atoms with Gasteiger partial charge in [-0.1, -0.05) is 32.9 Å². The van der Waals surface area contributed by atoms with E-state index in [1.165, 1.54) is 42.5 Å². The number of rotatable bonds is 5. The van der Waals surface area contributed by atoms with Gasteiger partial charge in [-0.2, -0.15) is 0 Å². The molecule has 1 unspecified atom stereocenters. The van der Waals surface area contributed by atoms with Crippen LogP contribution < -0.4 is 14.8 Å². The Bertz CT molecular complexity index is 1510. The number of aliphatic hydroxyl groups is 1. The van der Waals surface area contributed by atoms with Gasteiger partial charge < -0.3 is 9.84 Å². The van der Waals surface area contributed by atoms with E-state index in [-0.39, 0.29) is 32.9 Å². The van der Waals surface area contributed by atoms with Crippen LogP contribution in [-0.4, -0.2) is 37.3 Å². The monoisotopic (exact) mass is 521 g/mol. The molecule has 4 rings (SSSR count). The zero-order valence-corrected chi connectivity index (χ0v) is 21.6. The molecule has 3 N–H and O–H groups in total. The van der Waals surface area contributed by atoms with Gasteiger partial charge in [-0.3, -0.25) is 19.5 Å². The van der Waals surface area contributed by atoms with E-state index in [4.69, 9.17) is 9.88 Å². The van der Waals surface area contributed by atoms with Crippen molar-refractivity contribution < 1.29 is 27.9 Å². The maximum absolute atomic E-state index is 13.4. The third kappa shape index (κ3) is 4.85. The average molecular weight is 522 g/mol. The number of benzene rings is 2. The first-order valence-corrected chi connectivity index (χ1v) is 12.9. The molecule has 0 spiro atoms. The number of anilines is 1. The van der Waals surface area contributed by atoms with Crippen molar-refractivity contribution in [3.8, 4) is 5.75 Å². The molecule has 37 heavy (non-hydrogen) atoms. The normalized spacial score (nSPS) is 17.8. The van der Waals surface area contributed by atoms with E-state index in [9.17, 15) is 23.1 Å². The SMILES string of the molecule is COc1ccc(C(C)(C)C)cc1/C(O)=C1\C(=O)C(=O)N(c2ccc(S(N)(=O)=O)cc2)C1c1cccnc1. The number of nitrogens with two attached hydrogens (primary N) is 1. The van der Waals surface area contributed by atoms with Crippen molar-refractivity contribution >= 4 is 33.2 Å². The summed E-state index contributed by atoms with van der Waals surface area (Å²) < 4.78 is 28.9. The molecule has 1 fully saturated rings. The van der Waals surface area contributed by atoms with E-state index in [0.717, 1.165) is 5.56 Å². The second-order valence-electron chi connectivity index (χ2n) is 9.66. The van der Waals surface area contributed by atoms with Crippen molar-refractivity contribution in [1.29, 1.82) is 0 Å². The Morgan fingerprint density at radius 1 is 1.08 bits per heavy atom. The molecule has 1 aliphatic rings. The van der Waals surface area contributed by atoms with Crippen LogP contribution in [0.2, 0.25) is 0 Å². The molecule has 1 aliphatic heterocycles. The van der Waals surface area contributed by atoms with Crippen LogP contribution in [0.15, 0.2) is 77.5 Å². The molecular weight excluding hydrogens is 494 g/mol. The van der Waals surface area contributed by atoms with Crippen molar-refractivity contribution in [2.75, 3.05) is 12.0 Å². The minimum absolute atomic E-state index is 0.141. The number of methoxy groups -OCH3 is 1. The van der Waals surface area contributed by atoms with E-state index < -0.39 is 27.8 Å². The van der Waals surface area contributed by atoms with E-state index in [1.54, 1.807) is 30.5 Å². The Kier molecular flexibility index (Phi) is 6.66. The zero-order chi connectivity index (χ0) is 27.1. The predicted molar refractivity (Wildman–Crippen MR) is 139 cm³/mol. The van der Waals surface area contributed by atoms with Gasteiger partial charge in [0.05, 0.1) is 29.2 Å². The Balaban J connectivity index is 1.96. The highest BCUT2D eigenvalue weighted by Crippen LogP contribution is 2.43.